The van der Waals surface area contributed by atoms with Gasteiger partial charge in [0.1, 0.15) is 0 Å². The quantitative estimate of drug-likeness (QED) is 0.285. The maximum absolute atomic E-state index is 4.43. The van der Waals surface area contributed by atoms with E-state index >= 15 is 0 Å². The van der Waals surface area contributed by atoms with E-state index in [9.17, 15) is 0 Å². The van der Waals surface area contributed by atoms with Gasteiger partial charge in [0.2, 0.25) is 0 Å². The molecule has 1 aromatic rings. The van der Waals surface area contributed by atoms with Crippen LogP contribution >= 0.6 is 0 Å². The van der Waals surface area contributed by atoms with Crippen molar-refractivity contribution in [2.24, 2.45) is 5.41 Å². The Morgan fingerprint density at radius 1 is 0.927 bits per heavy atom. The number of rotatable bonds is 9. The molecule has 204 valence electrons. The van der Waals surface area contributed by atoms with Crippen molar-refractivity contribution < 1.29 is 0 Å². The van der Waals surface area contributed by atoms with Gasteiger partial charge in [0.05, 0.1) is 0 Å². The Kier molecular flexibility index (Phi) is 8.36. The van der Waals surface area contributed by atoms with Gasteiger partial charge in [0.25, 0.3) is 0 Å². The van der Waals surface area contributed by atoms with E-state index in [1.807, 2.05) is 24.3 Å². The van der Waals surface area contributed by atoms with Gasteiger partial charge in [0, 0.05) is 29.9 Å². The summed E-state index contributed by atoms with van der Waals surface area (Å²) in [5.41, 5.74) is 12.8. The second-order valence-corrected chi connectivity index (χ2v) is 11.2. The number of allylic oxidation sites excluding steroid dienone is 22. The second kappa shape index (κ2) is 12.3. The maximum Gasteiger partial charge on any atom is 0.0258 e. The lowest BCUT2D eigenvalue weighted by molar-refractivity contribution is 0.567. The van der Waals surface area contributed by atoms with E-state index in [0.717, 1.165) is 30.4 Å². The third-order valence-corrected chi connectivity index (χ3v) is 8.08. The first-order valence-corrected chi connectivity index (χ1v) is 14.4. The highest BCUT2D eigenvalue weighted by atomic mass is 15.1. The van der Waals surface area contributed by atoms with E-state index in [-0.39, 0.29) is 5.41 Å². The summed E-state index contributed by atoms with van der Waals surface area (Å²) < 4.78 is 0. The van der Waals surface area contributed by atoms with Crippen LogP contribution in [0.25, 0.3) is 5.57 Å². The third kappa shape index (κ3) is 5.81. The molecule has 0 atom stereocenters. The van der Waals surface area contributed by atoms with Gasteiger partial charge in [-0.05, 0) is 69.1 Å². The predicted octanol–water partition coefficient (Wildman–Crippen LogP) is 10.6. The molecule has 0 aliphatic heterocycles. The van der Waals surface area contributed by atoms with Crippen molar-refractivity contribution in [2.75, 3.05) is 0 Å². The minimum atomic E-state index is -0.124. The topological polar surface area (TPSA) is 3.24 Å². The monoisotopic (exact) mass is 533 g/mol. The fourth-order valence-corrected chi connectivity index (χ4v) is 6.10. The van der Waals surface area contributed by atoms with Crippen molar-refractivity contribution in [1.29, 1.82) is 0 Å². The van der Waals surface area contributed by atoms with E-state index in [1.165, 1.54) is 44.7 Å². The highest BCUT2D eigenvalue weighted by molar-refractivity contribution is 5.76. The molecule has 4 aliphatic carbocycles. The summed E-state index contributed by atoms with van der Waals surface area (Å²) in [5, 5.41) is 0. The van der Waals surface area contributed by atoms with Crippen LogP contribution in [-0.2, 0) is 0 Å². The minimum absolute atomic E-state index is 0.124. The molecular weight excluding hydrogens is 494 g/mol. The average molecular weight is 534 g/mol. The summed E-state index contributed by atoms with van der Waals surface area (Å²) in [6.07, 6.45) is 36.9. The molecule has 0 heterocycles. The van der Waals surface area contributed by atoms with E-state index in [0.29, 0.717) is 0 Å². The number of nitrogens with zero attached hydrogens (tertiary/aromatic N) is 1. The highest BCUT2D eigenvalue weighted by Crippen LogP contribution is 2.58. The molecule has 5 rings (SSSR count). The van der Waals surface area contributed by atoms with E-state index in [2.05, 4.69) is 136 Å². The number of hydrogen-bond acceptors (Lipinski definition) is 1. The molecule has 0 aromatic heterocycles. The molecule has 1 aromatic carbocycles. The van der Waals surface area contributed by atoms with Gasteiger partial charge in [-0.2, -0.15) is 0 Å². The molecule has 0 unspecified atom stereocenters. The smallest absolute Gasteiger partial charge is 0.0258 e. The van der Waals surface area contributed by atoms with Gasteiger partial charge in [-0.15, -0.1) is 0 Å². The fourth-order valence-electron chi connectivity index (χ4n) is 6.10. The Morgan fingerprint density at radius 2 is 1.73 bits per heavy atom. The van der Waals surface area contributed by atoms with Crippen LogP contribution in [-0.4, -0.2) is 4.90 Å². The van der Waals surface area contributed by atoms with E-state index in [4.69, 9.17) is 0 Å². The lowest BCUT2D eigenvalue weighted by Crippen LogP contribution is -2.17. The van der Waals surface area contributed by atoms with Crippen molar-refractivity contribution in [3.05, 3.63) is 198 Å². The first-order valence-electron chi connectivity index (χ1n) is 14.4. The van der Waals surface area contributed by atoms with Crippen molar-refractivity contribution >= 4 is 5.57 Å². The van der Waals surface area contributed by atoms with Gasteiger partial charge in [0.15, 0.2) is 0 Å². The Morgan fingerprint density at radius 3 is 2.41 bits per heavy atom. The molecule has 0 N–H and O–H groups in total. The molecule has 1 heteroatoms. The molecule has 0 spiro atoms. The van der Waals surface area contributed by atoms with Crippen LogP contribution < -0.4 is 0 Å². The van der Waals surface area contributed by atoms with E-state index < -0.39 is 0 Å². The number of hydrogen-bond donors (Lipinski definition) is 0. The van der Waals surface area contributed by atoms with Crippen LogP contribution in [0.2, 0.25) is 0 Å². The maximum atomic E-state index is 4.43. The Balaban J connectivity index is 1.66. The average Bonchev–Trinajstić information content (AvgIpc) is 3.77. The molecule has 0 bridgehead atoms. The first-order chi connectivity index (χ1) is 19.9. The molecule has 1 nitrogen and oxygen atoms in total. The third-order valence-electron chi connectivity index (χ3n) is 8.08. The molecular formula is C40H39N. The Hall–Kier alpha value is -4.62. The largest absolute Gasteiger partial charge is 0.326 e. The van der Waals surface area contributed by atoms with Gasteiger partial charge in [-0.3, -0.25) is 0 Å². The van der Waals surface area contributed by atoms with Crippen molar-refractivity contribution in [1.82, 2.24) is 4.90 Å². The molecule has 0 saturated heterocycles. The zero-order chi connectivity index (χ0) is 28.8. The van der Waals surface area contributed by atoms with Gasteiger partial charge < -0.3 is 4.90 Å². The molecule has 0 amide bonds. The predicted molar refractivity (Wildman–Crippen MR) is 177 cm³/mol. The van der Waals surface area contributed by atoms with Crippen LogP contribution in [0.5, 0.6) is 0 Å². The number of benzene rings is 1. The first kappa shape index (κ1) is 27.9. The van der Waals surface area contributed by atoms with Crippen molar-refractivity contribution in [3.8, 4) is 0 Å². The molecule has 4 aliphatic rings. The van der Waals surface area contributed by atoms with Gasteiger partial charge in [-0.25, -0.2) is 0 Å². The second-order valence-electron chi connectivity index (χ2n) is 11.2. The van der Waals surface area contributed by atoms with Crippen LogP contribution in [0.15, 0.2) is 192 Å². The zero-order valence-electron chi connectivity index (χ0n) is 24.3. The summed E-state index contributed by atoms with van der Waals surface area (Å²) in [5.74, 6) is 0. The zero-order valence-corrected chi connectivity index (χ0v) is 24.3. The van der Waals surface area contributed by atoms with Crippen LogP contribution in [0, 0.1) is 5.41 Å². The Bertz CT molecular complexity index is 1590. The summed E-state index contributed by atoms with van der Waals surface area (Å²) in [7, 11) is 0. The lowest BCUT2D eigenvalue weighted by atomic mass is 9.77. The summed E-state index contributed by atoms with van der Waals surface area (Å²) in [6, 6.07) is 10.6. The Labute approximate surface area is 246 Å². The SMILES string of the molecule is C=C/C=C\C=CC1=CC2=C(C1)C(=C/N(/C=C(\C=C/C=C)c1ccccc1)C1=CC=CC1)/C(=C1/CC=CC1=C)C2(C)C. The normalized spacial score (nSPS) is 22.6. The lowest BCUT2D eigenvalue weighted by Gasteiger charge is -2.28. The van der Waals surface area contributed by atoms with Crippen LogP contribution in [0.3, 0.4) is 0 Å². The van der Waals surface area contributed by atoms with Gasteiger partial charge in [-0.1, -0.05) is 143 Å². The standard InChI is InChI=1S/C40H39N/c1-6-8-10-12-19-31-26-36-37(39(35-25-17-18-30(35)3)40(4,5)38(36)27-31)29-41(34-23-15-16-24-34)28-33(20-9-7-2)32-21-13-11-14-22-32/h6-23,27-29H,1-3,24-26H2,4-5H3/b10-8-,19-12?,20-9-,33-28+,37-29-,39-35+. The fraction of sp³-hybridized carbons (Fsp3) is 0.150. The van der Waals surface area contributed by atoms with Crippen molar-refractivity contribution in [2.45, 2.75) is 33.1 Å². The summed E-state index contributed by atoms with van der Waals surface area (Å²) in [4.78, 5) is 2.34. The molecule has 0 radical (unpaired) electrons. The van der Waals surface area contributed by atoms with Crippen LogP contribution in [0.4, 0.5) is 0 Å². The van der Waals surface area contributed by atoms with Gasteiger partial charge >= 0.3 is 0 Å². The van der Waals surface area contributed by atoms with Crippen LogP contribution in [0.1, 0.15) is 38.7 Å². The molecule has 0 saturated carbocycles. The molecule has 41 heavy (non-hydrogen) atoms. The molecule has 0 fully saturated rings. The van der Waals surface area contributed by atoms with E-state index in [1.54, 1.807) is 6.08 Å². The minimum Gasteiger partial charge on any atom is -0.326 e. The summed E-state index contributed by atoms with van der Waals surface area (Å²) in [6.45, 7) is 16.9. The summed E-state index contributed by atoms with van der Waals surface area (Å²) >= 11 is 0. The highest BCUT2D eigenvalue weighted by Gasteiger charge is 2.43. The van der Waals surface area contributed by atoms with Crippen molar-refractivity contribution in [3.63, 3.8) is 0 Å².